The third-order valence-corrected chi connectivity index (χ3v) is 9.68. The number of ether oxygens (including phenoxy) is 2. The summed E-state index contributed by atoms with van der Waals surface area (Å²) in [4.78, 5) is 73.8. The molecule has 0 spiro atoms. The molecule has 0 radical (unpaired) electrons. The van der Waals surface area contributed by atoms with E-state index in [-0.39, 0.29) is 31.8 Å². The highest BCUT2D eigenvalue weighted by Gasteiger charge is 2.32. The quantitative estimate of drug-likeness (QED) is 0.0521. The van der Waals surface area contributed by atoms with Crippen LogP contribution in [0.5, 0.6) is 0 Å². The number of aromatic amines is 1. The smallest absolute Gasteiger partial charge is 0.408 e. The summed E-state index contributed by atoms with van der Waals surface area (Å²) in [5.74, 6) is -2.55. The van der Waals surface area contributed by atoms with Crippen LogP contribution in [0, 0.1) is 5.92 Å². The van der Waals surface area contributed by atoms with Crippen molar-refractivity contribution in [2.75, 3.05) is 6.61 Å². The topological polar surface area (TPSA) is 189 Å². The first-order valence-corrected chi connectivity index (χ1v) is 19.4. The SMILES string of the molecule is CC(C)CC(NC(=O)[C@H](Cc1c[nH]cn1)NC(=O)[C@@H](Cc1cccc2ccccc12)NC(=O)OCc1ccccc1)C(O)CC(=O)OCC(=O)c1ccc(Br)cc1. The zero-order valence-electron chi connectivity index (χ0n) is 31.7. The molecule has 0 aliphatic rings. The van der Waals surface area contributed by atoms with Gasteiger partial charge in [-0.2, -0.15) is 0 Å². The van der Waals surface area contributed by atoms with Crippen LogP contribution in [0.1, 0.15) is 53.9 Å². The maximum Gasteiger partial charge on any atom is 0.408 e. The number of nitrogens with zero attached hydrogens (tertiary/aromatic N) is 1. The van der Waals surface area contributed by atoms with Gasteiger partial charge in [0.15, 0.2) is 12.4 Å². The number of nitrogens with one attached hydrogen (secondary N) is 4. The number of carbonyl (C=O) groups is 5. The fourth-order valence-corrected chi connectivity index (χ4v) is 6.50. The van der Waals surface area contributed by atoms with Crippen molar-refractivity contribution in [3.8, 4) is 0 Å². The van der Waals surface area contributed by atoms with Crippen molar-refractivity contribution in [3.05, 3.63) is 136 Å². The maximum absolute atomic E-state index is 14.2. The normalized spacial score (nSPS) is 13.2. The van der Waals surface area contributed by atoms with Gasteiger partial charge in [0, 0.05) is 29.1 Å². The average Bonchev–Trinajstić information content (AvgIpc) is 3.72. The lowest BCUT2D eigenvalue weighted by Crippen LogP contribution is -2.57. The Morgan fingerprint density at radius 1 is 0.789 bits per heavy atom. The molecule has 0 saturated carbocycles. The van der Waals surface area contributed by atoms with Crippen molar-refractivity contribution in [1.82, 2.24) is 25.9 Å². The number of amides is 3. The lowest BCUT2D eigenvalue weighted by Gasteiger charge is -2.28. The van der Waals surface area contributed by atoms with Crippen LogP contribution < -0.4 is 16.0 Å². The summed E-state index contributed by atoms with van der Waals surface area (Å²) in [6.07, 6.45) is 0.648. The van der Waals surface area contributed by atoms with Crippen LogP contribution in [0.25, 0.3) is 10.8 Å². The second-order valence-electron chi connectivity index (χ2n) is 14.0. The third kappa shape index (κ3) is 13.1. The van der Waals surface area contributed by atoms with Crippen molar-refractivity contribution in [2.24, 2.45) is 5.92 Å². The van der Waals surface area contributed by atoms with Crippen LogP contribution in [0.2, 0.25) is 0 Å². The summed E-state index contributed by atoms with van der Waals surface area (Å²) >= 11 is 3.31. The first-order valence-electron chi connectivity index (χ1n) is 18.6. The number of aliphatic hydroxyl groups is 1. The highest BCUT2D eigenvalue weighted by atomic mass is 79.9. The number of alkyl carbamates (subject to hydrolysis) is 1. The van der Waals surface area contributed by atoms with Crippen LogP contribution in [-0.2, 0) is 43.3 Å². The van der Waals surface area contributed by atoms with Gasteiger partial charge in [0.05, 0.1) is 30.6 Å². The Morgan fingerprint density at radius 2 is 1.47 bits per heavy atom. The predicted octanol–water partition coefficient (Wildman–Crippen LogP) is 5.60. The van der Waals surface area contributed by atoms with E-state index in [2.05, 4.69) is 41.8 Å². The number of hydrogen-bond acceptors (Lipinski definition) is 9. The van der Waals surface area contributed by atoms with Gasteiger partial charge >= 0.3 is 12.1 Å². The minimum Gasteiger partial charge on any atom is -0.457 e. The predicted molar refractivity (Wildman–Crippen MR) is 217 cm³/mol. The Kier molecular flexibility index (Phi) is 15.5. The molecule has 0 bridgehead atoms. The second-order valence-corrected chi connectivity index (χ2v) is 14.9. The summed E-state index contributed by atoms with van der Waals surface area (Å²) in [6.45, 7) is 3.25. The van der Waals surface area contributed by atoms with Gasteiger partial charge in [0.1, 0.15) is 18.7 Å². The zero-order valence-corrected chi connectivity index (χ0v) is 33.2. The van der Waals surface area contributed by atoms with Gasteiger partial charge in [0.25, 0.3) is 0 Å². The van der Waals surface area contributed by atoms with Crippen molar-refractivity contribution in [1.29, 1.82) is 0 Å². The van der Waals surface area contributed by atoms with Gasteiger partial charge in [-0.05, 0) is 46.4 Å². The Bertz CT molecular complexity index is 2110. The molecule has 0 aliphatic heterocycles. The molecule has 4 atom stereocenters. The number of ketones is 1. The largest absolute Gasteiger partial charge is 0.457 e. The number of esters is 1. The standard InChI is InChI=1S/C43H46BrN5O8/c1-27(2)19-35(38(50)22-40(52)56-25-39(51)30-15-17-32(44)18-16-30)47-42(54)37(21-33-23-45-26-46-33)48-41(53)36(49-43(55)57-24-28-9-4-3-5-10-28)20-31-13-8-12-29-11-6-7-14-34(29)31/h3-18,23,26-27,35-38,50H,19-22,24-25H2,1-2H3,(H,45,46)(H,47,54)(H,48,53)(H,49,55)/t35?,36-,37+,38?/m1/s1. The number of halogens is 1. The lowest BCUT2D eigenvalue weighted by molar-refractivity contribution is -0.145. The Labute approximate surface area is 339 Å². The van der Waals surface area contributed by atoms with Crippen LogP contribution in [0.3, 0.4) is 0 Å². The Balaban J connectivity index is 1.31. The fourth-order valence-electron chi connectivity index (χ4n) is 6.24. The summed E-state index contributed by atoms with van der Waals surface area (Å²) < 4.78 is 11.4. The summed E-state index contributed by atoms with van der Waals surface area (Å²) in [6, 6.07) is 25.8. The molecule has 298 valence electrons. The van der Waals surface area contributed by atoms with E-state index < -0.39 is 66.9 Å². The van der Waals surface area contributed by atoms with Gasteiger partial charge < -0.3 is 35.5 Å². The van der Waals surface area contributed by atoms with E-state index in [1.807, 2.05) is 86.6 Å². The average molecular weight is 841 g/mol. The fraction of sp³-hybridized carbons (Fsp3) is 0.302. The minimum absolute atomic E-state index is 0.0180. The molecule has 5 rings (SSSR count). The number of fused-ring (bicyclic) bond motifs is 1. The first-order chi connectivity index (χ1) is 27.4. The molecule has 5 N–H and O–H groups in total. The third-order valence-electron chi connectivity index (χ3n) is 9.15. The van der Waals surface area contributed by atoms with E-state index in [0.29, 0.717) is 11.3 Å². The number of carbonyl (C=O) groups excluding carboxylic acids is 5. The van der Waals surface area contributed by atoms with Gasteiger partial charge in [-0.3, -0.25) is 19.2 Å². The molecule has 0 saturated heterocycles. The number of hydrogen-bond donors (Lipinski definition) is 5. The van der Waals surface area contributed by atoms with E-state index in [9.17, 15) is 29.1 Å². The van der Waals surface area contributed by atoms with Crippen molar-refractivity contribution >= 4 is 56.4 Å². The van der Waals surface area contributed by atoms with Crippen LogP contribution in [0.15, 0.2) is 114 Å². The zero-order chi connectivity index (χ0) is 40.7. The van der Waals surface area contributed by atoms with Crippen molar-refractivity contribution in [3.63, 3.8) is 0 Å². The molecule has 4 aromatic carbocycles. The molecule has 2 unspecified atom stereocenters. The van der Waals surface area contributed by atoms with Gasteiger partial charge in [0.2, 0.25) is 11.8 Å². The summed E-state index contributed by atoms with van der Waals surface area (Å²) in [7, 11) is 0. The molecule has 13 nitrogen and oxygen atoms in total. The molecule has 3 amide bonds. The highest BCUT2D eigenvalue weighted by Crippen LogP contribution is 2.21. The summed E-state index contributed by atoms with van der Waals surface area (Å²) in [5.41, 5.74) is 2.38. The highest BCUT2D eigenvalue weighted by molar-refractivity contribution is 9.10. The Morgan fingerprint density at radius 3 is 2.19 bits per heavy atom. The molecular formula is C43H46BrN5O8. The van der Waals surface area contributed by atoms with Crippen LogP contribution in [0.4, 0.5) is 4.79 Å². The monoisotopic (exact) mass is 839 g/mol. The summed E-state index contributed by atoms with van der Waals surface area (Å²) in [5, 5.41) is 21.4. The molecule has 1 heterocycles. The molecule has 0 fully saturated rings. The lowest BCUT2D eigenvalue weighted by atomic mass is 9.96. The number of aliphatic hydroxyl groups excluding tert-OH is 1. The van der Waals surface area contributed by atoms with E-state index >= 15 is 0 Å². The van der Waals surface area contributed by atoms with Crippen LogP contribution in [-0.4, -0.2) is 75.6 Å². The number of aromatic nitrogens is 2. The molecule has 14 heteroatoms. The molecule has 1 aromatic heterocycles. The molecular weight excluding hydrogens is 794 g/mol. The van der Waals surface area contributed by atoms with Gasteiger partial charge in [-0.1, -0.05) is 115 Å². The molecule has 0 aliphatic carbocycles. The first kappa shape index (κ1) is 42.3. The van der Waals surface area contributed by atoms with Gasteiger partial charge in [-0.25, -0.2) is 9.78 Å². The van der Waals surface area contributed by atoms with E-state index in [1.54, 1.807) is 30.5 Å². The number of H-pyrrole nitrogens is 1. The number of imidazole rings is 1. The number of rotatable bonds is 19. The molecule has 57 heavy (non-hydrogen) atoms. The number of Topliss-reactive ketones (excluding diaryl/α,β-unsaturated/α-hetero) is 1. The van der Waals surface area contributed by atoms with E-state index in [1.165, 1.54) is 6.33 Å². The van der Waals surface area contributed by atoms with Crippen molar-refractivity contribution in [2.45, 2.75) is 70.4 Å². The van der Waals surface area contributed by atoms with E-state index in [4.69, 9.17) is 9.47 Å². The van der Waals surface area contributed by atoms with Gasteiger partial charge in [-0.15, -0.1) is 0 Å². The molecule has 5 aromatic rings. The van der Waals surface area contributed by atoms with Crippen LogP contribution >= 0.6 is 15.9 Å². The number of benzene rings is 4. The van der Waals surface area contributed by atoms with Crippen molar-refractivity contribution < 1.29 is 38.6 Å². The maximum atomic E-state index is 14.2. The second kappa shape index (κ2) is 20.9. The Hall–Kier alpha value is -5.86. The van der Waals surface area contributed by atoms with E-state index in [0.717, 1.165) is 26.4 Å². The minimum atomic E-state index is -1.38.